The van der Waals surface area contributed by atoms with E-state index in [1.165, 1.54) is 17.0 Å². The van der Waals surface area contributed by atoms with Crippen molar-refractivity contribution in [2.75, 3.05) is 13.1 Å². The quantitative estimate of drug-likeness (QED) is 0.909. The summed E-state index contributed by atoms with van der Waals surface area (Å²) in [6.07, 6.45) is 5.37. The Bertz CT molecular complexity index is 531. The van der Waals surface area contributed by atoms with Crippen LogP contribution in [0.15, 0.2) is 35.6 Å². The number of benzene rings is 1. The molecule has 1 aromatic rings. The molecule has 1 aliphatic heterocycles. The molecule has 100 valence electrons. The van der Waals surface area contributed by atoms with Crippen molar-refractivity contribution in [2.45, 2.75) is 6.42 Å². The summed E-state index contributed by atoms with van der Waals surface area (Å²) in [5.41, 5.74) is 0.805. The van der Waals surface area contributed by atoms with Gasteiger partial charge >= 0.3 is 6.03 Å². The highest BCUT2D eigenvalue weighted by Gasteiger charge is 2.10. The molecule has 0 saturated carbocycles. The minimum absolute atomic E-state index is 0.194. The fourth-order valence-electron chi connectivity index (χ4n) is 1.66. The smallest absolute Gasteiger partial charge is 0.321 e. The van der Waals surface area contributed by atoms with E-state index in [4.69, 9.17) is 11.6 Å². The first-order valence-corrected chi connectivity index (χ1v) is 6.21. The third kappa shape index (κ3) is 3.79. The number of nitrogens with one attached hydrogen (secondary N) is 1. The molecule has 4 nitrogen and oxygen atoms in total. The van der Waals surface area contributed by atoms with E-state index in [1.54, 1.807) is 24.7 Å². The molecule has 1 aliphatic rings. The van der Waals surface area contributed by atoms with E-state index in [1.807, 2.05) is 0 Å². The van der Waals surface area contributed by atoms with Crippen LogP contribution in [0.25, 0.3) is 0 Å². The van der Waals surface area contributed by atoms with Gasteiger partial charge in [-0.15, -0.1) is 0 Å². The van der Waals surface area contributed by atoms with Crippen molar-refractivity contribution in [2.24, 2.45) is 4.99 Å². The number of hydrogen-bond donors (Lipinski definition) is 1. The van der Waals surface area contributed by atoms with E-state index in [0.29, 0.717) is 24.5 Å². The third-order valence-electron chi connectivity index (χ3n) is 2.66. The minimum atomic E-state index is -0.365. The molecule has 0 atom stereocenters. The van der Waals surface area contributed by atoms with Gasteiger partial charge in [-0.2, -0.15) is 0 Å². The van der Waals surface area contributed by atoms with Crippen molar-refractivity contribution in [1.29, 1.82) is 0 Å². The number of rotatable bonds is 3. The Morgan fingerprint density at radius 1 is 1.53 bits per heavy atom. The van der Waals surface area contributed by atoms with Crippen molar-refractivity contribution < 1.29 is 9.18 Å². The van der Waals surface area contributed by atoms with E-state index in [-0.39, 0.29) is 11.8 Å². The van der Waals surface area contributed by atoms with Gasteiger partial charge in [0.05, 0.1) is 6.54 Å². The lowest BCUT2D eigenvalue weighted by Gasteiger charge is -2.18. The van der Waals surface area contributed by atoms with Gasteiger partial charge in [-0.25, -0.2) is 9.18 Å². The lowest BCUT2D eigenvalue weighted by molar-refractivity contribution is 0.220. The monoisotopic (exact) mass is 281 g/mol. The van der Waals surface area contributed by atoms with Crippen LogP contribution in [0.1, 0.15) is 5.56 Å². The number of carbonyl (C=O) groups is 1. The topological polar surface area (TPSA) is 44.7 Å². The largest absolute Gasteiger partial charge is 0.337 e. The van der Waals surface area contributed by atoms with Gasteiger partial charge in [-0.1, -0.05) is 17.7 Å². The van der Waals surface area contributed by atoms with Crippen molar-refractivity contribution in [3.63, 3.8) is 0 Å². The van der Waals surface area contributed by atoms with Gasteiger partial charge in [0.2, 0.25) is 0 Å². The van der Waals surface area contributed by atoms with Crippen LogP contribution >= 0.6 is 11.6 Å². The molecule has 0 aliphatic carbocycles. The summed E-state index contributed by atoms with van der Waals surface area (Å²) in [4.78, 5) is 17.1. The molecular formula is C13H13ClFN3O. The highest BCUT2D eigenvalue weighted by molar-refractivity contribution is 6.31. The summed E-state index contributed by atoms with van der Waals surface area (Å²) in [6.45, 7) is 0.894. The van der Waals surface area contributed by atoms with Gasteiger partial charge < -0.3 is 5.32 Å². The zero-order valence-corrected chi connectivity index (χ0v) is 10.9. The first-order chi connectivity index (χ1) is 9.16. The number of carbonyl (C=O) groups excluding carboxylic acids is 1. The Labute approximate surface area is 115 Å². The SMILES string of the molecule is O=C(NCCc1ccc(F)cc1Cl)N1C=CN=CC1. The van der Waals surface area contributed by atoms with Gasteiger partial charge in [-0.05, 0) is 24.1 Å². The average molecular weight is 282 g/mol. The Balaban J connectivity index is 1.81. The molecule has 1 heterocycles. The first kappa shape index (κ1) is 13.5. The highest BCUT2D eigenvalue weighted by Crippen LogP contribution is 2.17. The van der Waals surface area contributed by atoms with Gasteiger partial charge in [0.1, 0.15) is 5.82 Å². The predicted molar refractivity (Wildman–Crippen MR) is 72.9 cm³/mol. The molecule has 0 saturated heterocycles. The van der Waals surface area contributed by atoms with Crippen molar-refractivity contribution >= 4 is 23.8 Å². The number of amides is 2. The lowest BCUT2D eigenvalue weighted by atomic mass is 10.1. The Morgan fingerprint density at radius 3 is 3.05 bits per heavy atom. The van der Waals surface area contributed by atoms with Gasteiger partial charge in [-0.3, -0.25) is 9.89 Å². The molecule has 6 heteroatoms. The zero-order chi connectivity index (χ0) is 13.7. The molecule has 0 fully saturated rings. The lowest BCUT2D eigenvalue weighted by Crippen LogP contribution is -2.39. The van der Waals surface area contributed by atoms with Crippen molar-refractivity contribution in [3.8, 4) is 0 Å². The minimum Gasteiger partial charge on any atom is -0.337 e. The Morgan fingerprint density at radius 2 is 2.37 bits per heavy atom. The van der Waals surface area contributed by atoms with Crippen LogP contribution in [0.3, 0.4) is 0 Å². The summed E-state index contributed by atoms with van der Waals surface area (Å²) in [5.74, 6) is -0.365. The van der Waals surface area contributed by atoms with E-state index >= 15 is 0 Å². The van der Waals surface area contributed by atoms with Gasteiger partial charge in [0.25, 0.3) is 0 Å². The fourth-order valence-corrected chi connectivity index (χ4v) is 1.92. The molecule has 2 rings (SSSR count). The van der Waals surface area contributed by atoms with Crippen molar-refractivity contribution in [1.82, 2.24) is 10.2 Å². The summed E-state index contributed by atoms with van der Waals surface area (Å²) >= 11 is 5.90. The molecule has 1 N–H and O–H groups in total. The van der Waals surface area contributed by atoms with Crippen LogP contribution < -0.4 is 5.32 Å². The maximum absolute atomic E-state index is 12.9. The highest BCUT2D eigenvalue weighted by atomic mass is 35.5. The van der Waals surface area contributed by atoms with Crippen LogP contribution in [0.5, 0.6) is 0 Å². The molecule has 0 unspecified atom stereocenters. The molecule has 2 amide bonds. The standard InChI is InChI=1S/C13H13ClFN3O/c14-12-9-11(15)2-1-10(12)3-4-17-13(19)18-7-5-16-6-8-18/h1-2,5-7,9H,3-4,8H2,(H,17,19). The second kappa shape index (κ2) is 6.33. The third-order valence-corrected chi connectivity index (χ3v) is 3.01. The summed E-state index contributed by atoms with van der Waals surface area (Å²) in [6, 6.07) is 4.05. The number of nitrogens with zero attached hydrogens (tertiary/aromatic N) is 2. The van der Waals surface area contributed by atoms with Crippen LogP contribution in [0.4, 0.5) is 9.18 Å². The van der Waals surface area contributed by atoms with E-state index in [0.717, 1.165) is 5.56 Å². The zero-order valence-electron chi connectivity index (χ0n) is 10.1. The second-order valence-electron chi connectivity index (χ2n) is 4.00. The Kier molecular flexibility index (Phi) is 4.52. The Hall–Kier alpha value is -1.88. The number of halogens is 2. The molecule has 0 radical (unpaired) electrons. The first-order valence-electron chi connectivity index (χ1n) is 5.83. The second-order valence-corrected chi connectivity index (χ2v) is 4.41. The molecule has 0 bridgehead atoms. The maximum Gasteiger partial charge on any atom is 0.321 e. The molecular weight excluding hydrogens is 269 g/mol. The molecule has 0 aromatic heterocycles. The van der Waals surface area contributed by atoms with Crippen LogP contribution in [0.2, 0.25) is 5.02 Å². The number of urea groups is 1. The fraction of sp³-hybridized carbons (Fsp3) is 0.231. The average Bonchev–Trinajstić information content (AvgIpc) is 2.42. The molecule has 19 heavy (non-hydrogen) atoms. The van der Waals surface area contributed by atoms with Crippen LogP contribution in [-0.4, -0.2) is 30.2 Å². The molecule has 1 aromatic carbocycles. The van der Waals surface area contributed by atoms with Crippen molar-refractivity contribution in [3.05, 3.63) is 47.0 Å². The number of aliphatic imine (C=N–C) groups is 1. The summed E-state index contributed by atoms with van der Waals surface area (Å²) in [5, 5.41) is 3.14. The van der Waals surface area contributed by atoms with E-state index in [2.05, 4.69) is 10.3 Å². The summed E-state index contributed by atoms with van der Waals surface area (Å²) < 4.78 is 12.9. The van der Waals surface area contributed by atoms with Gasteiger partial charge in [0, 0.05) is 30.2 Å². The van der Waals surface area contributed by atoms with Gasteiger partial charge in [0.15, 0.2) is 0 Å². The normalized spacial score (nSPS) is 13.7. The summed E-state index contributed by atoms with van der Waals surface area (Å²) in [7, 11) is 0. The predicted octanol–water partition coefficient (Wildman–Crippen LogP) is 2.59. The van der Waals surface area contributed by atoms with Crippen LogP contribution in [0, 0.1) is 5.82 Å². The number of hydrogen-bond acceptors (Lipinski definition) is 2. The van der Waals surface area contributed by atoms with E-state index < -0.39 is 0 Å². The molecule has 0 spiro atoms. The van der Waals surface area contributed by atoms with E-state index in [9.17, 15) is 9.18 Å². The maximum atomic E-state index is 12.9. The van der Waals surface area contributed by atoms with Crippen LogP contribution in [-0.2, 0) is 6.42 Å².